The Kier molecular flexibility index (Phi) is 7.08. The van der Waals surface area contributed by atoms with Gasteiger partial charge in [-0.15, -0.1) is 0 Å². The average Bonchev–Trinajstić information content (AvgIpc) is 2.11. The van der Waals surface area contributed by atoms with Crippen LogP contribution in [0.25, 0.3) is 0 Å². The Bertz CT molecular complexity index is 180. The van der Waals surface area contributed by atoms with Crippen molar-refractivity contribution in [2.24, 2.45) is 11.8 Å². The summed E-state index contributed by atoms with van der Waals surface area (Å²) < 4.78 is 26.1. The molecule has 0 saturated carbocycles. The second kappa shape index (κ2) is 6.85. The van der Waals surface area contributed by atoms with Gasteiger partial charge in [0.25, 0.3) is 0 Å². The molecule has 0 amide bonds. The van der Waals surface area contributed by atoms with Crippen molar-refractivity contribution in [2.75, 3.05) is 13.2 Å². The number of phosphoric ester groups is 1. The standard InChI is InChI=1S/C8H19O4PS/c1-7(2)5-10-13(9,12-14)11-6-8(3)4/h7-8,14H,5-6H2,1-4H3. The molecule has 0 spiro atoms. The first-order valence-electron chi connectivity index (χ1n) is 4.62. The normalized spacial score (nSPS) is 12.8. The molecule has 0 rings (SSSR count). The van der Waals surface area contributed by atoms with Crippen LogP contribution in [0.15, 0.2) is 0 Å². The van der Waals surface area contributed by atoms with Gasteiger partial charge in [0, 0.05) is 0 Å². The van der Waals surface area contributed by atoms with E-state index >= 15 is 0 Å². The first-order chi connectivity index (χ1) is 6.39. The molecule has 0 aromatic rings. The summed E-state index contributed by atoms with van der Waals surface area (Å²) in [7, 11) is -3.44. The fourth-order valence-corrected chi connectivity index (χ4v) is 1.98. The van der Waals surface area contributed by atoms with Crippen LogP contribution in [0.2, 0.25) is 0 Å². The molecule has 86 valence electrons. The molecule has 0 heterocycles. The molecule has 0 N–H and O–H groups in total. The van der Waals surface area contributed by atoms with E-state index in [4.69, 9.17) is 9.05 Å². The predicted octanol–water partition coefficient (Wildman–Crippen LogP) is 3.30. The molecule has 0 saturated heterocycles. The number of phosphoric acid groups is 1. The SMILES string of the molecule is CC(C)COP(=O)(OS)OCC(C)C. The molecule has 0 unspecified atom stereocenters. The summed E-state index contributed by atoms with van der Waals surface area (Å²) in [6, 6.07) is 0. The minimum absolute atomic E-state index is 0.273. The van der Waals surface area contributed by atoms with Crippen molar-refractivity contribution in [1.29, 1.82) is 0 Å². The molecule has 0 radical (unpaired) electrons. The molecule has 0 aromatic heterocycles. The van der Waals surface area contributed by atoms with Crippen LogP contribution in [0.3, 0.4) is 0 Å². The molecule has 4 nitrogen and oxygen atoms in total. The van der Waals surface area contributed by atoms with E-state index in [2.05, 4.69) is 16.9 Å². The number of hydrogen-bond donors (Lipinski definition) is 1. The van der Waals surface area contributed by atoms with Crippen molar-refractivity contribution in [2.45, 2.75) is 27.7 Å². The van der Waals surface area contributed by atoms with Crippen molar-refractivity contribution >= 4 is 20.7 Å². The van der Waals surface area contributed by atoms with Crippen molar-refractivity contribution in [3.05, 3.63) is 0 Å². The third kappa shape index (κ3) is 6.85. The van der Waals surface area contributed by atoms with Crippen molar-refractivity contribution < 1.29 is 17.6 Å². The van der Waals surface area contributed by atoms with Gasteiger partial charge in [0.15, 0.2) is 0 Å². The third-order valence-corrected chi connectivity index (χ3v) is 2.96. The number of thiol groups is 1. The van der Waals surface area contributed by atoms with Gasteiger partial charge in [-0.1, -0.05) is 27.7 Å². The third-order valence-electron chi connectivity index (χ3n) is 1.23. The minimum Gasteiger partial charge on any atom is -0.286 e. The molecular weight excluding hydrogens is 223 g/mol. The molecule has 6 heteroatoms. The molecule has 0 fully saturated rings. The molecule has 0 aliphatic rings. The highest BCUT2D eigenvalue weighted by Gasteiger charge is 2.26. The Labute approximate surface area is 91.5 Å². The van der Waals surface area contributed by atoms with Gasteiger partial charge >= 0.3 is 7.82 Å². The summed E-state index contributed by atoms with van der Waals surface area (Å²) in [5, 5.41) is 0. The zero-order chi connectivity index (χ0) is 11.2. The van der Waals surface area contributed by atoms with Crippen molar-refractivity contribution in [3.8, 4) is 0 Å². The minimum atomic E-state index is -3.44. The van der Waals surface area contributed by atoms with Crippen LogP contribution in [0.4, 0.5) is 0 Å². The molecule has 0 aliphatic carbocycles. The maximum absolute atomic E-state index is 11.6. The van der Waals surface area contributed by atoms with Crippen LogP contribution in [0.5, 0.6) is 0 Å². The number of rotatable bonds is 7. The van der Waals surface area contributed by atoms with E-state index < -0.39 is 7.82 Å². The lowest BCUT2D eigenvalue weighted by Crippen LogP contribution is -2.06. The maximum Gasteiger partial charge on any atom is 0.485 e. The summed E-state index contributed by atoms with van der Waals surface area (Å²) in [6.07, 6.45) is 0. The molecular formula is C8H19O4PS. The Morgan fingerprint density at radius 2 is 1.43 bits per heavy atom. The predicted molar refractivity (Wildman–Crippen MR) is 59.3 cm³/mol. The lowest BCUT2D eigenvalue weighted by molar-refractivity contribution is 0.137. The van der Waals surface area contributed by atoms with Gasteiger partial charge in [-0.05, 0) is 24.7 Å². The molecule has 0 aliphatic heterocycles. The van der Waals surface area contributed by atoms with Crippen molar-refractivity contribution in [3.63, 3.8) is 0 Å². The topological polar surface area (TPSA) is 44.8 Å². The van der Waals surface area contributed by atoms with Crippen LogP contribution in [-0.4, -0.2) is 13.2 Å². The molecule has 0 bridgehead atoms. The Morgan fingerprint density at radius 3 is 1.64 bits per heavy atom. The van der Waals surface area contributed by atoms with E-state index in [-0.39, 0.29) is 11.8 Å². The maximum atomic E-state index is 11.6. The Morgan fingerprint density at radius 1 is 1.07 bits per heavy atom. The molecule has 0 atom stereocenters. The largest absolute Gasteiger partial charge is 0.485 e. The summed E-state index contributed by atoms with van der Waals surface area (Å²) in [5.41, 5.74) is 0. The lowest BCUT2D eigenvalue weighted by Gasteiger charge is -2.17. The summed E-state index contributed by atoms with van der Waals surface area (Å²) in [6.45, 7) is 8.46. The number of hydrogen-bond acceptors (Lipinski definition) is 5. The zero-order valence-electron chi connectivity index (χ0n) is 9.10. The molecule has 0 aromatic carbocycles. The quantitative estimate of drug-likeness (QED) is 0.422. The van der Waals surface area contributed by atoms with E-state index in [1.165, 1.54) is 0 Å². The Balaban J connectivity index is 3.98. The molecule has 14 heavy (non-hydrogen) atoms. The van der Waals surface area contributed by atoms with Crippen LogP contribution in [0, 0.1) is 11.8 Å². The van der Waals surface area contributed by atoms with Crippen molar-refractivity contribution in [1.82, 2.24) is 0 Å². The fraction of sp³-hybridized carbons (Fsp3) is 1.00. The van der Waals surface area contributed by atoms with Gasteiger partial charge in [-0.3, -0.25) is 9.05 Å². The van der Waals surface area contributed by atoms with E-state index in [1.807, 2.05) is 27.7 Å². The van der Waals surface area contributed by atoms with Crippen LogP contribution in [0.1, 0.15) is 27.7 Å². The van der Waals surface area contributed by atoms with Gasteiger partial charge in [-0.2, -0.15) is 0 Å². The zero-order valence-corrected chi connectivity index (χ0v) is 10.9. The first-order valence-corrected chi connectivity index (χ1v) is 6.44. The van der Waals surface area contributed by atoms with Gasteiger partial charge < -0.3 is 0 Å². The second-order valence-electron chi connectivity index (χ2n) is 3.91. The smallest absolute Gasteiger partial charge is 0.286 e. The lowest BCUT2D eigenvalue weighted by atomic mass is 10.2. The van der Waals surface area contributed by atoms with Gasteiger partial charge in [0.2, 0.25) is 0 Å². The van der Waals surface area contributed by atoms with Gasteiger partial charge in [0.05, 0.1) is 13.2 Å². The van der Waals surface area contributed by atoms with Gasteiger partial charge in [-0.25, -0.2) is 8.54 Å². The summed E-state index contributed by atoms with van der Waals surface area (Å²) in [4.78, 5) is 0. The van der Waals surface area contributed by atoms with Crippen LogP contribution < -0.4 is 0 Å². The highest BCUT2D eigenvalue weighted by molar-refractivity contribution is 7.80. The highest BCUT2D eigenvalue weighted by Crippen LogP contribution is 2.51. The fourth-order valence-electron chi connectivity index (χ4n) is 0.565. The summed E-state index contributed by atoms with van der Waals surface area (Å²) in [5.74, 6) is 0.545. The summed E-state index contributed by atoms with van der Waals surface area (Å²) >= 11 is 3.49. The second-order valence-corrected chi connectivity index (χ2v) is 5.97. The van der Waals surface area contributed by atoms with E-state index in [9.17, 15) is 4.57 Å². The van der Waals surface area contributed by atoms with E-state index in [0.29, 0.717) is 13.2 Å². The van der Waals surface area contributed by atoms with Gasteiger partial charge in [0.1, 0.15) is 0 Å². The van der Waals surface area contributed by atoms with Crippen LogP contribution in [-0.2, 0) is 17.6 Å². The monoisotopic (exact) mass is 242 g/mol. The van der Waals surface area contributed by atoms with E-state index in [1.54, 1.807) is 0 Å². The van der Waals surface area contributed by atoms with E-state index in [0.717, 1.165) is 0 Å². The average molecular weight is 242 g/mol. The Hall–Kier alpha value is 0.460. The highest BCUT2D eigenvalue weighted by atomic mass is 32.1. The van der Waals surface area contributed by atoms with Crippen LogP contribution >= 0.6 is 20.7 Å². The first kappa shape index (κ1) is 14.5.